The molecule has 2 aromatic carbocycles. The smallest absolute Gasteiger partial charge is 0.119 e. The quantitative estimate of drug-likeness (QED) is 0.896. The predicted molar refractivity (Wildman–Crippen MR) is 87.5 cm³/mol. The van der Waals surface area contributed by atoms with Crippen molar-refractivity contribution in [2.75, 3.05) is 14.2 Å². The lowest BCUT2D eigenvalue weighted by atomic mass is 9.94. The SMILES string of the molecule is CNC(c1ccc(OC)cc1C)c1cccc(C)c1Br. The lowest BCUT2D eigenvalue weighted by Gasteiger charge is -2.22. The van der Waals surface area contributed by atoms with Gasteiger partial charge in [-0.1, -0.05) is 40.2 Å². The summed E-state index contributed by atoms with van der Waals surface area (Å²) in [5.41, 5.74) is 4.98. The van der Waals surface area contributed by atoms with E-state index in [9.17, 15) is 0 Å². The minimum atomic E-state index is 0.162. The number of hydrogen-bond acceptors (Lipinski definition) is 2. The molecule has 0 aliphatic heterocycles. The van der Waals surface area contributed by atoms with Crippen LogP contribution in [0.3, 0.4) is 0 Å². The zero-order valence-corrected chi connectivity index (χ0v) is 13.9. The van der Waals surface area contributed by atoms with E-state index in [1.54, 1.807) is 7.11 Å². The number of ether oxygens (including phenoxy) is 1. The number of halogens is 1. The van der Waals surface area contributed by atoms with Crippen LogP contribution in [0, 0.1) is 13.8 Å². The normalized spacial score (nSPS) is 12.2. The van der Waals surface area contributed by atoms with Crippen LogP contribution >= 0.6 is 15.9 Å². The molecule has 1 atom stereocenters. The van der Waals surface area contributed by atoms with Crippen molar-refractivity contribution in [3.8, 4) is 5.75 Å². The number of benzene rings is 2. The second kappa shape index (κ2) is 6.42. The zero-order valence-electron chi connectivity index (χ0n) is 12.3. The largest absolute Gasteiger partial charge is 0.497 e. The maximum atomic E-state index is 5.28. The van der Waals surface area contributed by atoms with E-state index in [-0.39, 0.29) is 6.04 Å². The molecule has 0 saturated heterocycles. The molecule has 106 valence electrons. The first kappa shape index (κ1) is 15.1. The molecule has 20 heavy (non-hydrogen) atoms. The summed E-state index contributed by atoms with van der Waals surface area (Å²) < 4.78 is 6.44. The Balaban J connectivity index is 2.50. The van der Waals surface area contributed by atoms with Crippen molar-refractivity contribution in [2.45, 2.75) is 19.9 Å². The number of rotatable bonds is 4. The van der Waals surface area contributed by atoms with Crippen LogP contribution in [0.25, 0.3) is 0 Å². The fourth-order valence-electron chi connectivity index (χ4n) is 2.47. The molecule has 2 nitrogen and oxygen atoms in total. The summed E-state index contributed by atoms with van der Waals surface area (Å²) in [5.74, 6) is 0.893. The Labute approximate surface area is 129 Å². The van der Waals surface area contributed by atoms with Crippen LogP contribution in [0.1, 0.15) is 28.3 Å². The lowest BCUT2D eigenvalue weighted by molar-refractivity contribution is 0.414. The molecule has 1 N–H and O–H groups in total. The summed E-state index contributed by atoms with van der Waals surface area (Å²) in [4.78, 5) is 0. The monoisotopic (exact) mass is 333 g/mol. The number of aryl methyl sites for hydroxylation is 2. The second-order valence-electron chi connectivity index (χ2n) is 4.92. The van der Waals surface area contributed by atoms with Crippen molar-refractivity contribution in [1.82, 2.24) is 5.32 Å². The molecule has 0 aromatic heterocycles. The zero-order chi connectivity index (χ0) is 14.7. The Morgan fingerprint density at radius 1 is 1.05 bits per heavy atom. The first-order valence-corrected chi connectivity index (χ1v) is 7.44. The molecule has 0 spiro atoms. The van der Waals surface area contributed by atoms with Crippen molar-refractivity contribution < 1.29 is 4.74 Å². The molecule has 2 rings (SSSR count). The van der Waals surface area contributed by atoms with Crippen LogP contribution in [0.4, 0.5) is 0 Å². The van der Waals surface area contributed by atoms with Gasteiger partial charge in [0, 0.05) is 4.47 Å². The van der Waals surface area contributed by atoms with Crippen LogP contribution < -0.4 is 10.1 Å². The Bertz CT molecular complexity index is 610. The highest BCUT2D eigenvalue weighted by atomic mass is 79.9. The molecule has 0 amide bonds. The van der Waals surface area contributed by atoms with E-state index in [0.717, 1.165) is 10.2 Å². The van der Waals surface area contributed by atoms with Crippen molar-refractivity contribution in [2.24, 2.45) is 0 Å². The molecule has 0 bridgehead atoms. The topological polar surface area (TPSA) is 21.3 Å². The summed E-state index contributed by atoms with van der Waals surface area (Å²) in [6.45, 7) is 4.23. The van der Waals surface area contributed by atoms with Crippen LogP contribution in [0.15, 0.2) is 40.9 Å². The minimum Gasteiger partial charge on any atom is -0.497 e. The van der Waals surface area contributed by atoms with E-state index >= 15 is 0 Å². The number of hydrogen-bond donors (Lipinski definition) is 1. The summed E-state index contributed by atoms with van der Waals surface area (Å²) in [7, 11) is 3.68. The van der Waals surface area contributed by atoms with Gasteiger partial charge in [0.25, 0.3) is 0 Å². The molecule has 3 heteroatoms. The molecule has 2 aromatic rings. The summed E-state index contributed by atoms with van der Waals surface area (Å²) in [6, 6.07) is 12.7. The van der Waals surface area contributed by atoms with Crippen molar-refractivity contribution in [3.05, 3.63) is 63.1 Å². The Kier molecular flexibility index (Phi) is 4.84. The second-order valence-corrected chi connectivity index (χ2v) is 5.72. The van der Waals surface area contributed by atoms with E-state index in [0.29, 0.717) is 0 Å². The minimum absolute atomic E-state index is 0.162. The van der Waals surface area contributed by atoms with E-state index in [1.807, 2.05) is 13.1 Å². The van der Waals surface area contributed by atoms with Gasteiger partial charge < -0.3 is 10.1 Å². The summed E-state index contributed by atoms with van der Waals surface area (Å²) in [6.07, 6.45) is 0. The van der Waals surface area contributed by atoms with E-state index in [2.05, 4.69) is 65.4 Å². The molecular formula is C17H20BrNO. The van der Waals surface area contributed by atoms with Crippen LogP contribution in [0.2, 0.25) is 0 Å². The van der Waals surface area contributed by atoms with Gasteiger partial charge >= 0.3 is 0 Å². The summed E-state index contributed by atoms with van der Waals surface area (Å²) in [5, 5.41) is 3.41. The van der Waals surface area contributed by atoms with Crippen molar-refractivity contribution in [1.29, 1.82) is 0 Å². The Morgan fingerprint density at radius 2 is 1.80 bits per heavy atom. The van der Waals surface area contributed by atoms with Crippen LogP contribution in [0.5, 0.6) is 5.75 Å². The van der Waals surface area contributed by atoms with Gasteiger partial charge in [-0.25, -0.2) is 0 Å². The first-order valence-electron chi connectivity index (χ1n) is 6.65. The molecule has 1 unspecified atom stereocenters. The highest BCUT2D eigenvalue weighted by Gasteiger charge is 2.17. The van der Waals surface area contributed by atoms with Gasteiger partial charge in [0.15, 0.2) is 0 Å². The number of nitrogens with one attached hydrogen (secondary N) is 1. The Morgan fingerprint density at radius 3 is 2.40 bits per heavy atom. The molecule has 0 radical (unpaired) electrons. The lowest BCUT2D eigenvalue weighted by Crippen LogP contribution is -2.19. The highest BCUT2D eigenvalue weighted by molar-refractivity contribution is 9.10. The molecular weight excluding hydrogens is 314 g/mol. The predicted octanol–water partition coefficient (Wildman–Crippen LogP) is 4.38. The van der Waals surface area contributed by atoms with Crippen molar-refractivity contribution in [3.63, 3.8) is 0 Å². The maximum Gasteiger partial charge on any atom is 0.119 e. The third kappa shape index (κ3) is 2.89. The van der Waals surface area contributed by atoms with E-state index in [4.69, 9.17) is 4.74 Å². The third-order valence-electron chi connectivity index (χ3n) is 3.61. The van der Waals surface area contributed by atoms with Crippen LogP contribution in [-0.4, -0.2) is 14.2 Å². The number of methoxy groups -OCH3 is 1. The molecule has 0 saturated carbocycles. The van der Waals surface area contributed by atoms with Crippen LogP contribution in [-0.2, 0) is 0 Å². The third-order valence-corrected chi connectivity index (χ3v) is 4.69. The molecule has 0 fully saturated rings. The standard InChI is InChI=1S/C17H20BrNO/c1-11-6-5-7-15(16(11)18)17(19-3)14-9-8-13(20-4)10-12(14)2/h5-10,17,19H,1-4H3. The van der Waals surface area contributed by atoms with Gasteiger partial charge in [0.2, 0.25) is 0 Å². The maximum absolute atomic E-state index is 5.28. The fourth-order valence-corrected chi connectivity index (χ4v) is 2.96. The highest BCUT2D eigenvalue weighted by Crippen LogP contribution is 2.33. The Hall–Kier alpha value is -1.32. The van der Waals surface area contributed by atoms with E-state index in [1.165, 1.54) is 22.3 Å². The average molecular weight is 334 g/mol. The molecule has 0 heterocycles. The molecule has 0 aliphatic rings. The van der Waals surface area contributed by atoms with Gasteiger partial charge in [0.05, 0.1) is 13.2 Å². The first-order chi connectivity index (χ1) is 9.58. The fraction of sp³-hybridized carbons (Fsp3) is 0.294. The summed E-state index contributed by atoms with van der Waals surface area (Å²) >= 11 is 3.71. The van der Waals surface area contributed by atoms with Gasteiger partial charge in [0.1, 0.15) is 5.75 Å². The van der Waals surface area contributed by atoms with Crippen molar-refractivity contribution >= 4 is 15.9 Å². The molecule has 0 aliphatic carbocycles. The van der Waals surface area contributed by atoms with E-state index < -0.39 is 0 Å². The van der Waals surface area contributed by atoms with Gasteiger partial charge in [-0.2, -0.15) is 0 Å². The van der Waals surface area contributed by atoms with Gasteiger partial charge in [-0.05, 0) is 55.3 Å². The average Bonchev–Trinajstić information content (AvgIpc) is 2.45. The van der Waals surface area contributed by atoms with Gasteiger partial charge in [-0.15, -0.1) is 0 Å². The van der Waals surface area contributed by atoms with Gasteiger partial charge in [-0.3, -0.25) is 0 Å².